The number of rotatable bonds is 10. The highest BCUT2D eigenvalue weighted by Gasteiger charge is 2.30. The molecule has 0 spiro atoms. The van der Waals surface area contributed by atoms with Crippen molar-refractivity contribution in [1.29, 1.82) is 0 Å². The lowest BCUT2D eigenvalue weighted by Gasteiger charge is -2.30. The summed E-state index contributed by atoms with van der Waals surface area (Å²) in [4.78, 5) is 8.85. The van der Waals surface area contributed by atoms with E-state index in [9.17, 15) is 8.42 Å². The van der Waals surface area contributed by atoms with Crippen molar-refractivity contribution in [3.63, 3.8) is 0 Å². The smallest absolute Gasteiger partial charge is 0.228 e. The monoisotopic (exact) mass is 517 g/mol. The minimum atomic E-state index is -3.60. The number of nitrogens with zero attached hydrogens (tertiary/aromatic N) is 4. The molecule has 2 aliphatic rings. The second-order valence-corrected chi connectivity index (χ2v) is 12.7. The van der Waals surface area contributed by atoms with Crippen molar-refractivity contribution in [2.75, 3.05) is 27.2 Å². The van der Waals surface area contributed by atoms with Gasteiger partial charge in [0.15, 0.2) is 5.11 Å². The van der Waals surface area contributed by atoms with Crippen LogP contribution >= 0.6 is 12.2 Å². The quantitative estimate of drug-likeness (QED) is 0.477. The lowest BCUT2D eigenvalue weighted by Crippen LogP contribution is -2.43. The fourth-order valence-electron chi connectivity index (χ4n) is 4.80. The number of imidazole rings is 1. The van der Waals surface area contributed by atoms with Crippen molar-refractivity contribution in [3.8, 4) is 0 Å². The molecular weight excluding hydrogens is 478 g/mol. The summed E-state index contributed by atoms with van der Waals surface area (Å²) in [5.74, 6) is -0.0379. The van der Waals surface area contributed by atoms with Gasteiger partial charge in [-0.1, -0.05) is 49.1 Å². The summed E-state index contributed by atoms with van der Waals surface area (Å²) in [7, 11) is 0.503. The van der Waals surface area contributed by atoms with Crippen LogP contribution in [-0.4, -0.2) is 66.1 Å². The van der Waals surface area contributed by atoms with Crippen molar-refractivity contribution in [3.05, 3.63) is 47.3 Å². The number of hydrogen-bond acceptors (Lipinski definition) is 5. The van der Waals surface area contributed by atoms with Crippen LogP contribution in [0.25, 0.3) is 0 Å². The summed E-state index contributed by atoms with van der Waals surface area (Å²) in [6.45, 7) is 4.17. The minimum Gasteiger partial charge on any atom is -0.360 e. The molecule has 2 fully saturated rings. The fraction of sp³-hybridized carbons (Fsp3) is 0.615. The first kappa shape index (κ1) is 26.1. The van der Waals surface area contributed by atoms with Gasteiger partial charge in [0.2, 0.25) is 15.0 Å². The molecule has 0 atom stereocenters. The number of thiocarbonyl (C=S) groups is 1. The van der Waals surface area contributed by atoms with E-state index >= 15 is 0 Å². The van der Waals surface area contributed by atoms with Gasteiger partial charge in [0.25, 0.3) is 0 Å². The van der Waals surface area contributed by atoms with Gasteiger partial charge in [-0.3, -0.25) is 0 Å². The van der Waals surface area contributed by atoms with E-state index in [1.54, 1.807) is 6.20 Å². The van der Waals surface area contributed by atoms with Crippen molar-refractivity contribution in [2.24, 2.45) is 0 Å². The highest BCUT2D eigenvalue weighted by molar-refractivity contribution is 7.90. The van der Waals surface area contributed by atoms with Crippen molar-refractivity contribution in [1.82, 2.24) is 24.7 Å². The molecule has 35 heavy (non-hydrogen) atoms. The van der Waals surface area contributed by atoms with Crippen LogP contribution in [0.15, 0.2) is 35.6 Å². The second kappa shape index (κ2) is 11.4. The van der Waals surface area contributed by atoms with E-state index in [2.05, 4.69) is 34.2 Å². The van der Waals surface area contributed by atoms with E-state index < -0.39 is 9.84 Å². The molecule has 0 aliphatic heterocycles. The summed E-state index contributed by atoms with van der Waals surface area (Å²) in [6.07, 6.45) is 9.48. The number of sulfone groups is 1. The Labute approximate surface area is 215 Å². The van der Waals surface area contributed by atoms with Gasteiger partial charge in [0.05, 0.1) is 24.2 Å². The molecule has 7 nitrogen and oxygen atoms in total. The molecule has 0 amide bonds. The third kappa shape index (κ3) is 7.05. The number of hydrogen-bond donors (Lipinski definition) is 1. The van der Waals surface area contributed by atoms with Crippen LogP contribution in [0.2, 0.25) is 0 Å². The zero-order chi connectivity index (χ0) is 25.0. The first-order valence-corrected chi connectivity index (χ1v) is 14.8. The van der Waals surface area contributed by atoms with Gasteiger partial charge in [-0.2, -0.15) is 0 Å². The topological polar surface area (TPSA) is 70.5 Å². The highest BCUT2D eigenvalue weighted by atomic mass is 32.2. The maximum Gasteiger partial charge on any atom is 0.228 e. The second-order valence-electron chi connectivity index (χ2n) is 10.4. The maximum atomic E-state index is 13.6. The summed E-state index contributed by atoms with van der Waals surface area (Å²) >= 11 is 5.77. The van der Waals surface area contributed by atoms with Crippen molar-refractivity contribution in [2.45, 2.75) is 81.4 Å². The molecule has 192 valence electrons. The van der Waals surface area contributed by atoms with Gasteiger partial charge in [0.1, 0.15) is 0 Å². The minimum absolute atomic E-state index is 0.0379. The molecule has 1 aromatic carbocycles. The zero-order valence-electron chi connectivity index (χ0n) is 21.2. The average Bonchev–Trinajstić information content (AvgIpc) is 3.51. The van der Waals surface area contributed by atoms with E-state index in [-0.39, 0.29) is 17.0 Å². The predicted octanol–water partition coefficient (Wildman–Crippen LogP) is 4.07. The average molecular weight is 518 g/mol. The molecule has 9 heteroatoms. The van der Waals surface area contributed by atoms with Crippen LogP contribution in [0.1, 0.15) is 67.8 Å². The third-order valence-corrected chi connectivity index (χ3v) is 8.81. The fourth-order valence-corrected chi connectivity index (χ4v) is 6.65. The Morgan fingerprint density at radius 2 is 1.89 bits per heavy atom. The molecule has 0 unspecified atom stereocenters. The van der Waals surface area contributed by atoms with Gasteiger partial charge >= 0.3 is 0 Å². The summed E-state index contributed by atoms with van der Waals surface area (Å²) in [6, 6.07) is 8.34. The van der Waals surface area contributed by atoms with Crippen molar-refractivity contribution < 1.29 is 8.42 Å². The Morgan fingerprint density at radius 1 is 1.14 bits per heavy atom. The predicted molar refractivity (Wildman–Crippen MR) is 144 cm³/mol. The number of nitrogens with one attached hydrogen (secondary N) is 1. The zero-order valence-corrected chi connectivity index (χ0v) is 22.9. The van der Waals surface area contributed by atoms with Crippen LogP contribution in [0.4, 0.5) is 0 Å². The Morgan fingerprint density at radius 3 is 2.54 bits per heavy atom. The molecule has 0 bridgehead atoms. The SMILES string of the molecule is Cc1cccc(CS(=O)(=O)c2ncc(CN(CCN(C)C)C(=S)NC3CC3)n2C2CCCCC2)c1. The summed E-state index contributed by atoms with van der Waals surface area (Å²) in [5.41, 5.74) is 2.79. The van der Waals surface area contributed by atoms with E-state index in [0.29, 0.717) is 12.6 Å². The van der Waals surface area contributed by atoms with Crippen LogP contribution in [0.3, 0.4) is 0 Å². The molecule has 1 N–H and O–H groups in total. The Hall–Kier alpha value is -1.97. The highest BCUT2D eigenvalue weighted by Crippen LogP contribution is 2.33. The van der Waals surface area contributed by atoms with E-state index in [1.807, 2.05) is 35.8 Å². The number of aromatic nitrogens is 2. The van der Waals surface area contributed by atoms with Gasteiger partial charge in [-0.25, -0.2) is 13.4 Å². The molecule has 0 radical (unpaired) electrons. The van der Waals surface area contributed by atoms with Gasteiger partial charge in [-0.15, -0.1) is 0 Å². The lowest BCUT2D eigenvalue weighted by atomic mass is 9.95. The van der Waals surface area contributed by atoms with Gasteiger partial charge in [0, 0.05) is 25.2 Å². The largest absolute Gasteiger partial charge is 0.360 e. The number of likely N-dealkylation sites (N-methyl/N-ethyl adjacent to an activating group) is 1. The summed E-state index contributed by atoms with van der Waals surface area (Å²) in [5, 5.41) is 4.41. The van der Waals surface area contributed by atoms with Crippen molar-refractivity contribution >= 4 is 27.2 Å². The Bertz CT molecular complexity index is 1120. The first-order chi connectivity index (χ1) is 16.7. The Balaban J connectivity index is 1.64. The normalized spacial score (nSPS) is 17.0. The van der Waals surface area contributed by atoms with Crippen LogP contribution in [0, 0.1) is 6.92 Å². The summed E-state index contributed by atoms with van der Waals surface area (Å²) < 4.78 is 29.3. The molecule has 2 aromatic rings. The molecule has 1 heterocycles. The third-order valence-electron chi connectivity index (χ3n) is 6.86. The number of aryl methyl sites for hydroxylation is 1. The van der Waals surface area contributed by atoms with E-state index in [1.165, 1.54) is 6.42 Å². The first-order valence-electron chi connectivity index (χ1n) is 12.8. The molecule has 0 saturated heterocycles. The molecule has 4 rings (SSSR count). The molecule has 2 aliphatic carbocycles. The van der Waals surface area contributed by atoms with Gasteiger partial charge < -0.3 is 19.7 Å². The van der Waals surface area contributed by atoms with Crippen LogP contribution in [0.5, 0.6) is 0 Å². The Kier molecular flexibility index (Phi) is 8.50. The van der Waals surface area contributed by atoms with Gasteiger partial charge in [-0.05, 0) is 64.5 Å². The lowest BCUT2D eigenvalue weighted by molar-refractivity contribution is 0.294. The molecular formula is C26H39N5O2S2. The standard InChI is InChI=1S/C26H39N5O2S2/c1-20-8-7-9-21(16-20)19-35(32,33)26-27-17-24(31(26)23-10-5-4-6-11-23)18-30(15-14-29(2)3)25(34)28-22-12-13-22/h7-9,16-17,22-23H,4-6,10-15,18-19H2,1-3H3,(H,28,34). The number of benzene rings is 1. The molecule has 1 aromatic heterocycles. The van der Waals surface area contributed by atoms with E-state index in [4.69, 9.17) is 12.2 Å². The maximum absolute atomic E-state index is 13.6. The van der Waals surface area contributed by atoms with E-state index in [0.717, 1.165) is 73.5 Å². The van der Waals surface area contributed by atoms with Crippen LogP contribution < -0.4 is 5.32 Å². The molecule has 2 saturated carbocycles. The van der Waals surface area contributed by atoms with Crippen LogP contribution in [-0.2, 0) is 22.1 Å².